The highest BCUT2D eigenvalue weighted by Gasteiger charge is 2.96. The lowest BCUT2D eigenvalue weighted by Crippen LogP contribution is -2.61. The van der Waals surface area contributed by atoms with Crippen LogP contribution in [0.15, 0.2) is 24.3 Å². The first-order valence-electron chi connectivity index (χ1n) is 9.31. The summed E-state index contributed by atoms with van der Waals surface area (Å²) in [5.41, 5.74) is 0.249. The van der Waals surface area contributed by atoms with Gasteiger partial charge in [0.2, 0.25) is 0 Å². The third kappa shape index (κ3) is 1.55. The number of rotatable bonds is 2. The van der Waals surface area contributed by atoms with Crippen molar-refractivity contribution in [3.8, 4) is 6.19 Å². The van der Waals surface area contributed by atoms with Gasteiger partial charge in [-0.15, -0.1) is 0 Å². The summed E-state index contributed by atoms with van der Waals surface area (Å²) in [7, 11) is 1.91. The van der Waals surface area contributed by atoms with Crippen LogP contribution in [-0.4, -0.2) is 39.4 Å². The van der Waals surface area contributed by atoms with Gasteiger partial charge in [0, 0.05) is 23.4 Å². The van der Waals surface area contributed by atoms with Gasteiger partial charge in [-0.25, -0.2) is 0 Å². The van der Waals surface area contributed by atoms with Crippen LogP contribution in [0.2, 0.25) is 0 Å². The average molecular weight is 354 g/mol. The lowest BCUT2D eigenvalue weighted by Gasteiger charge is -2.48. The Kier molecular flexibility index (Phi) is 3.48. The molecule has 2 aliphatic rings. The Bertz CT molecular complexity index is 815. The van der Waals surface area contributed by atoms with Crippen molar-refractivity contribution in [1.82, 2.24) is 9.80 Å². The van der Waals surface area contributed by atoms with Crippen LogP contribution in [0.5, 0.6) is 0 Å². The van der Waals surface area contributed by atoms with E-state index in [-0.39, 0.29) is 22.3 Å². The Labute approximate surface area is 157 Å². The summed E-state index contributed by atoms with van der Waals surface area (Å²) in [5, 5.41) is 9.92. The van der Waals surface area contributed by atoms with Crippen molar-refractivity contribution in [2.45, 2.75) is 72.0 Å². The molecule has 0 N–H and O–H groups in total. The number of hydrogen-bond acceptors (Lipinski definition) is 3. The Hall–Kier alpha value is -2.02. The van der Waals surface area contributed by atoms with Crippen molar-refractivity contribution in [2.24, 2.45) is 10.8 Å². The van der Waals surface area contributed by atoms with E-state index in [0.717, 1.165) is 5.56 Å². The number of fused-ring (bicyclic) bond motifs is 1. The van der Waals surface area contributed by atoms with Gasteiger partial charge in [0.15, 0.2) is 6.19 Å². The summed E-state index contributed by atoms with van der Waals surface area (Å²) in [5.74, 6) is 0.0189. The highest BCUT2D eigenvalue weighted by molar-refractivity contribution is 5.95. The van der Waals surface area contributed by atoms with Crippen LogP contribution in [0.4, 0.5) is 0 Å². The average Bonchev–Trinajstić information content (AvgIpc) is 2.92. The summed E-state index contributed by atoms with van der Waals surface area (Å²) in [6.45, 7) is 17.2. The number of piperidine rings is 1. The number of carbonyl (C=O) groups excluding carboxylic acids is 1. The van der Waals surface area contributed by atoms with Crippen LogP contribution in [0.1, 0.15) is 64.4 Å². The molecule has 0 aromatic heterocycles. The molecule has 0 unspecified atom stereocenters. The first-order chi connectivity index (χ1) is 11.8. The van der Waals surface area contributed by atoms with Gasteiger partial charge in [0.1, 0.15) is 0 Å². The molecule has 0 bridgehead atoms. The molecule has 1 heterocycles. The number of hydrogen-bond donors (Lipinski definition) is 0. The van der Waals surface area contributed by atoms with Gasteiger partial charge in [0.05, 0.1) is 16.6 Å². The third-order valence-electron chi connectivity index (χ3n) is 8.25. The molecule has 1 aliphatic carbocycles. The second-order valence-electron chi connectivity index (χ2n) is 9.74. The van der Waals surface area contributed by atoms with Crippen molar-refractivity contribution in [1.29, 1.82) is 5.26 Å². The number of likely N-dealkylation sites (N-methyl/N-ethyl adjacent to an activating group) is 1. The Morgan fingerprint density at radius 1 is 1.00 bits per heavy atom. The highest BCUT2D eigenvalue weighted by Crippen LogP contribution is 2.86. The van der Waals surface area contributed by atoms with E-state index in [1.54, 1.807) is 0 Å². The monoisotopic (exact) mass is 353 g/mol. The lowest BCUT2D eigenvalue weighted by atomic mass is 9.79. The predicted octanol–water partition coefficient (Wildman–Crippen LogP) is 4.21. The fourth-order valence-corrected chi connectivity index (χ4v) is 7.19. The first kappa shape index (κ1) is 18.8. The number of likely N-dealkylation sites (tertiary alicyclic amines) is 1. The molecule has 3 rings (SSSR count). The van der Waals surface area contributed by atoms with Gasteiger partial charge in [-0.05, 0) is 46.8 Å². The molecule has 2 fully saturated rings. The van der Waals surface area contributed by atoms with Gasteiger partial charge in [0.25, 0.3) is 5.91 Å². The minimum atomic E-state index is -0.474. The van der Waals surface area contributed by atoms with Crippen LogP contribution in [0.25, 0.3) is 0 Å². The summed E-state index contributed by atoms with van der Waals surface area (Å²) in [6.07, 6.45) is 2.43. The van der Waals surface area contributed by atoms with Crippen LogP contribution < -0.4 is 0 Å². The minimum absolute atomic E-state index is 0.0189. The maximum Gasteiger partial charge on any atom is 0.254 e. The van der Waals surface area contributed by atoms with Crippen molar-refractivity contribution in [3.63, 3.8) is 0 Å². The highest BCUT2D eigenvalue weighted by atomic mass is 16.2. The normalized spacial score (nSPS) is 32.5. The molecule has 0 radical (unpaired) electrons. The van der Waals surface area contributed by atoms with Gasteiger partial charge < -0.3 is 4.90 Å². The number of nitrogens with zero attached hydrogens (tertiary/aromatic N) is 3. The van der Waals surface area contributed by atoms with Gasteiger partial charge >= 0.3 is 0 Å². The van der Waals surface area contributed by atoms with Crippen LogP contribution in [0.3, 0.4) is 0 Å². The van der Waals surface area contributed by atoms with E-state index in [0.29, 0.717) is 5.56 Å². The van der Waals surface area contributed by atoms with Crippen LogP contribution >= 0.6 is 0 Å². The van der Waals surface area contributed by atoms with E-state index in [4.69, 9.17) is 0 Å². The summed E-state index contributed by atoms with van der Waals surface area (Å²) >= 11 is 0. The van der Waals surface area contributed by atoms with E-state index in [1.807, 2.05) is 48.0 Å². The number of amides is 1. The molecule has 4 heteroatoms. The molecule has 26 heavy (non-hydrogen) atoms. The van der Waals surface area contributed by atoms with Crippen LogP contribution in [0, 0.1) is 29.2 Å². The van der Waals surface area contributed by atoms with Gasteiger partial charge in [-0.1, -0.05) is 38.5 Å². The zero-order valence-corrected chi connectivity index (χ0v) is 17.6. The quantitative estimate of drug-likeness (QED) is 0.749. The SMILES string of the molecule is Cc1ccc(C(=O)N(C)[C@@]23C(C)(C)N(C#N)C(C)(C)[C@]2(C)C3(C)C)cc1. The molecule has 1 aromatic carbocycles. The molecule has 1 aromatic rings. The molecule has 4 nitrogen and oxygen atoms in total. The molecule has 1 saturated heterocycles. The molecule has 140 valence electrons. The van der Waals surface area contributed by atoms with Crippen LogP contribution in [-0.2, 0) is 0 Å². The minimum Gasteiger partial charge on any atom is -0.332 e. The zero-order valence-electron chi connectivity index (χ0n) is 17.6. The first-order valence-corrected chi connectivity index (χ1v) is 9.31. The van der Waals surface area contributed by atoms with Crippen molar-refractivity contribution >= 4 is 5.91 Å². The topological polar surface area (TPSA) is 47.3 Å². The largest absolute Gasteiger partial charge is 0.332 e. The van der Waals surface area contributed by atoms with Gasteiger partial charge in [-0.3, -0.25) is 9.69 Å². The van der Waals surface area contributed by atoms with Crippen molar-refractivity contribution < 1.29 is 4.79 Å². The van der Waals surface area contributed by atoms with E-state index in [9.17, 15) is 10.1 Å². The maximum atomic E-state index is 13.4. The van der Waals surface area contributed by atoms with E-state index in [2.05, 4.69) is 54.7 Å². The standard InChI is InChI=1S/C22H31N3O/c1-15-10-12-16(13-11-15)17(26)24(9)22-18(2,3)21(22,8)19(4,5)25(14-23)20(22,6)7/h10-13H,1-9H3/t21-,22-/m0/s1. The zero-order chi connectivity index (χ0) is 19.9. The summed E-state index contributed by atoms with van der Waals surface area (Å²) in [6, 6.07) is 7.74. The summed E-state index contributed by atoms with van der Waals surface area (Å²) < 4.78 is 0. The number of carbonyl (C=O) groups is 1. The van der Waals surface area contributed by atoms with Gasteiger partial charge in [-0.2, -0.15) is 5.26 Å². The smallest absolute Gasteiger partial charge is 0.254 e. The molecule has 1 amide bonds. The molecule has 0 spiro atoms. The number of benzene rings is 1. The Morgan fingerprint density at radius 2 is 1.50 bits per heavy atom. The molecule has 2 atom stereocenters. The van der Waals surface area contributed by atoms with Crippen molar-refractivity contribution in [3.05, 3.63) is 35.4 Å². The van der Waals surface area contributed by atoms with E-state index in [1.165, 1.54) is 0 Å². The Morgan fingerprint density at radius 3 is 1.96 bits per heavy atom. The second kappa shape index (κ2) is 4.82. The second-order valence-corrected chi connectivity index (χ2v) is 9.74. The third-order valence-corrected chi connectivity index (χ3v) is 8.25. The van der Waals surface area contributed by atoms with Crippen molar-refractivity contribution in [2.75, 3.05) is 7.05 Å². The molecular weight excluding hydrogens is 322 g/mol. The number of nitriles is 1. The Balaban J connectivity index is 2.17. The van der Waals surface area contributed by atoms with E-state index >= 15 is 0 Å². The fourth-order valence-electron chi connectivity index (χ4n) is 7.19. The molecular formula is C22H31N3O. The fraction of sp³-hybridized carbons (Fsp3) is 0.636. The summed E-state index contributed by atoms with van der Waals surface area (Å²) in [4.78, 5) is 17.3. The maximum absolute atomic E-state index is 13.4. The molecule has 1 aliphatic heterocycles. The lowest BCUT2D eigenvalue weighted by molar-refractivity contribution is 0.0135. The molecule has 1 saturated carbocycles. The predicted molar refractivity (Wildman–Crippen MR) is 104 cm³/mol. The number of aryl methyl sites for hydroxylation is 1. The van der Waals surface area contributed by atoms with E-state index < -0.39 is 11.1 Å².